The summed E-state index contributed by atoms with van der Waals surface area (Å²) in [7, 11) is 0. The van der Waals surface area contributed by atoms with Gasteiger partial charge in [-0.2, -0.15) is 10.4 Å². The molecular formula is C17H15N5O2S. The van der Waals surface area contributed by atoms with Crippen molar-refractivity contribution in [1.82, 2.24) is 14.8 Å². The Bertz CT molecular complexity index is 920. The maximum absolute atomic E-state index is 12.3. The Morgan fingerprint density at radius 2 is 2.12 bits per heavy atom. The second-order valence-electron chi connectivity index (χ2n) is 5.22. The fourth-order valence-corrected chi connectivity index (χ4v) is 2.83. The smallest absolute Gasteiger partial charge is 0.256 e. The van der Waals surface area contributed by atoms with E-state index in [1.165, 1.54) is 22.6 Å². The standard InChI is InChI=1S/C17H15N5O2S/c1-11-12(2)24-17(20-11)25-10-15(23)21-16-13(8-18)9-19-22(16)14-6-4-3-5-7-14/h3-7,9H,10H2,1-2H3,(H,21,23). The van der Waals surface area contributed by atoms with Crippen molar-refractivity contribution in [3.8, 4) is 11.8 Å². The van der Waals surface area contributed by atoms with Crippen LogP contribution in [0.2, 0.25) is 0 Å². The number of para-hydroxylation sites is 1. The maximum Gasteiger partial charge on any atom is 0.256 e. The number of amides is 1. The first-order valence-corrected chi connectivity index (χ1v) is 8.47. The van der Waals surface area contributed by atoms with Gasteiger partial charge in [0.1, 0.15) is 17.4 Å². The zero-order valence-electron chi connectivity index (χ0n) is 13.7. The zero-order valence-corrected chi connectivity index (χ0v) is 14.5. The highest BCUT2D eigenvalue weighted by Crippen LogP contribution is 2.22. The average Bonchev–Trinajstić information content (AvgIpc) is 3.17. The molecule has 126 valence electrons. The number of nitrogens with zero attached hydrogens (tertiary/aromatic N) is 4. The van der Waals surface area contributed by atoms with Crippen molar-refractivity contribution >= 4 is 23.5 Å². The molecule has 0 aliphatic carbocycles. The topological polar surface area (TPSA) is 96.7 Å². The molecule has 2 heterocycles. The number of hydrogen-bond donors (Lipinski definition) is 1. The second-order valence-corrected chi connectivity index (χ2v) is 6.15. The lowest BCUT2D eigenvalue weighted by molar-refractivity contribution is -0.113. The van der Waals surface area contributed by atoms with E-state index in [2.05, 4.69) is 15.4 Å². The van der Waals surface area contributed by atoms with Crippen molar-refractivity contribution < 1.29 is 9.21 Å². The van der Waals surface area contributed by atoms with E-state index in [-0.39, 0.29) is 11.7 Å². The van der Waals surface area contributed by atoms with Gasteiger partial charge in [0.2, 0.25) is 5.91 Å². The van der Waals surface area contributed by atoms with Gasteiger partial charge in [-0.1, -0.05) is 30.0 Å². The van der Waals surface area contributed by atoms with Gasteiger partial charge in [0.25, 0.3) is 5.22 Å². The number of thioether (sulfide) groups is 1. The van der Waals surface area contributed by atoms with E-state index in [9.17, 15) is 10.1 Å². The van der Waals surface area contributed by atoms with Crippen LogP contribution < -0.4 is 5.32 Å². The SMILES string of the molecule is Cc1nc(SCC(=O)Nc2c(C#N)cnn2-c2ccccc2)oc1C. The van der Waals surface area contributed by atoms with Gasteiger partial charge in [-0.05, 0) is 26.0 Å². The molecule has 0 spiro atoms. The number of carbonyl (C=O) groups is 1. The van der Waals surface area contributed by atoms with E-state index >= 15 is 0 Å². The first kappa shape index (κ1) is 16.8. The van der Waals surface area contributed by atoms with Gasteiger partial charge in [0.05, 0.1) is 23.3 Å². The van der Waals surface area contributed by atoms with Crippen LogP contribution >= 0.6 is 11.8 Å². The number of oxazole rings is 1. The van der Waals surface area contributed by atoms with Crippen molar-refractivity contribution in [1.29, 1.82) is 5.26 Å². The highest BCUT2D eigenvalue weighted by atomic mass is 32.2. The number of rotatable bonds is 5. The Balaban J connectivity index is 1.74. The quantitative estimate of drug-likeness (QED) is 0.708. The molecule has 0 fully saturated rings. The normalized spacial score (nSPS) is 10.4. The summed E-state index contributed by atoms with van der Waals surface area (Å²) in [5, 5.41) is 16.6. The predicted molar refractivity (Wildman–Crippen MR) is 93.6 cm³/mol. The molecule has 7 nitrogen and oxygen atoms in total. The number of hydrogen-bond acceptors (Lipinski definition) is 6. The van der Waals surface area contributed by atoms with Gasteiger partial charge in [0, 0.05) is 0 Å². The van der Waals surface area contributed by atoms with Crippen molar-refractivity contribution in [3.05, 3.63) is 53.5 Å². The monoisotopic (exact) mass is 353 g/mol. The van der Waals surface area contributed by atoms with E-state index < -0.39 is 0 Å². The third kappa shape index (κ3) is 3.72. The Kier molecular flexibility index (Phi) is 4.86. The van der Waals surface area contributed by atoms with Crippen LogP contribution in [0.25, 0.3) is 5.69 Å². The molecule has 8 heteroatoms. The Morgan fingerprint density at radius 1 is 1.36 bits per heavy atom. The van der Waals surface area contributed by atoms with Crippen molar-refractivity contribution in [2.75, 3.05) is 11.1 Å². The van der Waals surface area contributed by atoms with Crippen LogP contribution in [0.1, 0.15) is 17.0 Å². The highest BCUT2D eigenvalue weighted by molar-refractivity contribution is 7.99. The lowest BCUT2D eigenvalue weighted by Crippen LogP contribution is -2.17. The largest absolute Gasteiger partial charge is 0.437 e. The third-order valence-electron chi connectivity index (χ3n) is 3.48. The zero-order chi connectivity index (χ0) is 17.8. The van der Waals surface area contributed by atoms with Crippen molar-refractivity contribution in [2.45, 2.75) is 19.1 Å². The molecule has 0 atom stereocenters. The Hall–Kier alpha value is -3.05. The fraction of sp³-hybridized carbons (Fsp3) is 0.176. The van der Waals surface area contributed by atoms with Gasteiger partial charge in [0.15, 0.2) is 5.82 Å². The average molecular weight is 353 g/mol. The van der Waals surface area contributed by atoms with Crippen LogP contribution in [-0.4, -0.2) is 26.4 Å². The second kappa shape index (κ2) is 7.23. The first-order valence-electron chi connectivity index (χ1n) is 7.48. The number of carbonyl (C=O) groups excluding carboxylic acids is 1. The highest BCUT2D eigenvalue weighted by Gasteiger charge is 2.16. The molecule has 3 rings (SSSR count). The summed E-state index contributed by atoms with van der Waals surface area (Å²) in [6, 6.07) is 11.3. The molecule has 1 aromatic carbocycles. The Morgan fingerprint density at radius 3 is 2.76 bits per heavy atom. The lowest BCUT2D eigenvalue weighted by Gasteiger charge is -2.09. The minimum atomic E-state index is -0.271. The van der Waals surface area contributed by atoms with Gasteiger partial charge in [-0.15, -0.1) is 0 Å². The third-order valence-corrected chi connectivity index (χ3v) is 4.31. The summed E-state index contributed by atoms with van der Waals surface area (Å²) in [6.45, 7) is 3.67. The number of aryl methyl sites for hydroxylation is 2. The summed E-state index contributed by atoms with van der Waals surface area (Å²) in [6.07, 6.45) is 1.43. The molecule has 0 aliphatic heterocycles. The molecule has 1 amide bonds. The minimum absolute atomic E-state index is 0.115. The van der Waals surface area contributed by atoms with Crippen molar-refractivity contribution in [2.24, 2.45) is 0 Å². The van der Waals surface area contributed by atoms with E-state index in [0.717, 1.165) is 17.1 Å². The molecule has 1 N–H and O–H groups in total. The molecule has 2 aromatic heterocycles. The Labute approximate surface area is 148 Å². The molecule has 0 bridgehead atoms. The molecule has 0 saturated carbocycles. The van der Waals surface area contributed by atoms with Gasteiger partial charge >= 0.3 is 0 Å². The van der Waals surface area contributed by atoms with E-state index in [0.29, 0.717) is 16.6 Å². The molecule has 0 aliphatic rings. The van der Waals surface area contributed by atoms with Crippen LogP contribution in [-0.2, 0) is 4.79 Å². The summed E-state index contributed by atoms with van der Waals surface area (Å²) in [5.74, 6) is 0.924. The van der Waals surface area contributed by atoms with E-state index in [1.54, 1.807) is 0 Å². The number of anilines is 1. The number of benzene rings is 1. The first-order chi connectivity index (χ1) is 12.1. The van der Waals surface area contributed by atoms with Gasteiger partial charge < -0.3 is 9.73 Å². The molecule has 0 saturated heterocycles. The molecule has 3 aromatic rings. The van der Waals surface area contributed by atoms with Crippen LogP contribution in [0.4, 0.5) is 5.82 Å². The molecule has 0 unspecified atom stereocenters. The maximum atomic E-state index is 12.3. The minimum Gasteiger partial charge on any atom is -0.437 e. The van der Waals surface area contributed by atoms with Gasteiger partial charge in [-0.25, -0.2) is 9.67 Å². The predicted octanol–water partition coefficient (Wildman–Crippen LogP) is 3.08. The van der Waals surface area contributed by atoms with Gasteiger partial charge in [-0.3, -0.25) is 4.79 Å². The number of aromatic nitrogens is 3. The van der Waals surface area contributed by atoms with Crippen LogP contribution in [0.3, 0.4) is 0 Å². The lowest BCUT2D eigenvalue weighted by atomic mass is 10.3. The van der Waals surface area contributed by atoms with Crippen molar-refractivity contribution in [3.63, 3.8) is 0 Å². The number of nitrogens with one attached hydrogen (secondary N) is 1. The van der Waals surface area contributed by atoms with Crippen LogP contribution in [0.5, 0.6) is 0 Å². The van der Waals surface area contributed by atoms with E-state index in [1.807, 2.05) is 50.2 Å². The molecule has 0 radical (unpaired) electrons. The summed E-state index contributed by atoms with van der Waals surface area (Å²) >= 11 is 1.20. The van der Waals surface area contributed by atoms with Crippen LogP contribution in [0, 0.1) is 25.2 Å². The number of nitriles is 1. The fourth-order valence-electron chi connectivity index (χ4n) is 2.12. The molecular weight excluding hydrogens is 338 g/mol. The summed E-state index contributed by atoms with van der Waals surface area (Å²) in [5.41, 5.74) is 1.85. The van der Waals surface area contributed by atoms with E-state index in [4.69, 9.17) is 4.42 Å². The summed E-state index contributed by atoms with van der Waals surface area (Å²) in [4.78, 5) is 16.5. The summed E-state index contributed by atoms with van der Waals surface area (Å²) < 4.78 is 6.97. The van der Waals surface area contributed by atoms with Crippen LogP contribution in [0.15, 0.2) is 46.2 Å². The molecule has 25 heavy (non-hydrogen) atoms.